The predicted molar refractivity (Wildman–Crippen MR) is 88.2 cm³/mol. The topological polar surface area (TPSA) is 107 Å². The van der Waals surface area contributed by atoms with Crippen LogP contribution in [0.3, 0.4) is 0 Å². The lowest BCUT2D eigenvalue weighted by molar-refractivity contribution is -0.422. The first kappa shape index (κ1) is 18.3. The van der Waals surface area contributed by atoms with Crippen molar-refractivity contribution in [1.82, 2.24) is 4.31 Å². The van der Waals surface area contributed by atoms with Crippen molar-refractivity contribution in [3.8, 4) is 0 Å². The molecule has 1 fully saturated rings. The summed E-state index contributed by atoms with van der Waals surface area (Å²) >= 11 is 0.960. The van der Waals surface area contributed by atoms with Crippen LogP contribution in [0.4, 0.5) is 0 Å². The molecule has 1 aliphatic rings. The lowest BCUT2D eigenvalue weighted by Gasteiger charge is -2.29. The highest BCUT2D eigenvalue weighted by Crippen LogP contribution is 2.35. The molecule has 0 aromatic heterocycles. The van der Waals surface area contributed by atoms with Crippen molar-refractivity contribution in [3.63, 3.8) is 0 Å². The second kappa shape index (κ2) is 7.22. The van der Waals surface area contributed by atoms with Crippen LogP contribution in [-0.4, -0.2) is 43.0 Å². The molecule has 0 aliphatic carbocycles. The lowest BCUT2D eigenvalue weighted by atomic mass is 10.2. The van der Waals surface area contributed by atoms with Gasteiger partial charge in [-0.2, -0.15) is 0 Å². The normalized spacial score (nSPS) is 17.3. The highest BCUT2D eigenvalue weighted by molar-refractivity contribution is 8.04. The lowest BCUT2D eigenvalue weighted by Crippen LogP contribution is -2.36. The average molecular weight is 372 g/mol. The van der Waals surface area contributed by atoms with E-state index in [2.05, 4.69) is 4.74 Å². The Bertz CT molecular complexity index is 786. The number of thioether (sulfide) groups is 1. The molecule has 1 heterocycles. The number of hydrogen-bond acceptors (Lipinski definition) is 7. The van der Waals surface area contributed by atoms with Gasteiger partial charge in [-0.3, -0.25) is 14.4 Å². The summed E-state index contributed by atoms with van der Waals surface area (Å²) in [6.45, 7) is 1.88. The van der Waals surface area contributed by atoms with E-state index in [0.29, 0.717) is 12.2 Å². The fourth-order valence-electron chi connectivity index (χ4n) is 2.14. The first-order valence-corrected chi connectivity index (χ1v) is 9.40. The van der Waals surface area contributed by atoms with Gasteiger partial charge in [-0.1, -0.05) is 17.7 Å². The van der Waals surface area contributed by atoms with Crippen LogP contribution >= 0.6 is 11.8 Å². The summed E-state index contributed by atoms with van der Waals surface area (Å²) in [5.74, 6) is -0.697. The van der Waals surface area contributed by atoms with E-state index >= 15 is 0 Å². The molecule has 0 radical (unpaired) electrons. The number of methoxy groups -OCH3 is 1. The van der Waals surface area contributed by atoms with E-state index in [1.54, 1.807) is 12.1 Å². The third kappa shape index (κ3) is 3.54. The summed E-state index contributed by atoms with van der Waals surface area (Å²) in [5.41, 5.74) is 0.0242. The van der Waals surface area contributed by atoms with E-state index < -0.39 is 26.6 Å². The zero-order chi connectivity index (χ0) is 17.9. The minimum Gasteiger partial charge on any atom is -0.461 e. The molecular formula is C14H16N2O6S2. The van der Waals surface area contributed by atoms with E-state index in [9.17, 15) is 23.3 Å². The molecule has 1 aromatic rings. The molecular weight excluding hydrogens is 356 g/mol. The standard InChI is InChI=1S/C14H16N2O6S2/c1-10-4-6-11(7-5-10)24(20,21)15-8-3-9-23-13(15)12(16(18)19)14(17)22-2/h4-7H,3,8-9H2,1-2H3. The Labute approximate surface area is 143 Å². The maximum atomic E-state index is 12.9. The Hall–Kier alpha value is -2.07. The number of esters is 1. The number of ether oxygens (including phenoxy) is 1. The molecule has 2 rings (SSSR count). The van der Waals surface area contributed by atoms with Crippen LogP contribution in [-0.2, 0) is 19.6 Å². The van der Waals surface area contributed by atoms with Gasteiger partial charge >= 0.3 is 11.7 Å². The first-order chi connectivity index (χ1) is 11.3. The van der Waals surface area contributed by atoms with Gasteiger partial charge in [-0.25, -0.2) is 13.2 Å². The second-order valence-corrected chi connectivity index (χ2v) is 7.94. The second-order valence-electron chi connectivity index (χ2n) is 4.99. The van der Waals surface area contributed by atoms with Crippen molar-refractivity contribution in [1.29, 1.82) is 0 Å². The van der Waals surface area contributed by atoms with Crippen LogP contribution in [0.25, 0.3) is 0 Å². The monoisotopic (exact) mass is 372 g/mol. The van der Waals surface area contributed by atoms with Gasteiger partial charge in [0.1, 0.15) is 0 Å². The van der Waals surface area contributed by atoms with E-state index in [-0.39, 0.29) is 16.5 Å². The molecule has 1 aliphatic heterocycles. The molecule has 1 aromatic carbocycles. The zero-order valence-corrected chi connectivity index (χ0v) is 14.7. The Morgan fingerprint density at radius 3 is 2.50 bits per heavy atom. The van der Waals surface area contributed by atoms with Gasteiger partial charge in [0.25, 0.3) is 10.0 Å². The number of carbonyl (C=O) groups excluding carboxylic acids is 1. The SMILES string of the molecule is COC(=O)C(=C1SCCCN1S(=O)(=O)c1ccc(C)cc1)[N+](=O)[O-]. The summed E-state index contributed by atoms with van der Waals surface area (Å²) in [7, 11) is -2.99. The van der Waals surface area contributed by atoms with Crippen molar-refractivity contribution < 1.29 is 22.9 Å². The number of rotatable bonds is 4. The van der Waals surface area contributed by atoms with Crippen LogP contribution in [0, 0.1) is 17.0 Å². The van der Waals surface area contributed by atoms with Crippen LogP contribution in [0.5, 0.6) is 0 Å². The van der Waals surface area contributed by atoms with E-state index in [4.69, 9.17) is 0 Å². The fraction of sp³-hybridized carbons (Fsp3) is 0.357. The molecule has 0 spiro atoms. The van der Waals surface area contributed by atoms with E-state index in [0.717, 1.165) is 28.7 Å². The van der Waals surface area contributed by atoms with Gasteiger partial charge in [0.15, 0.2) is 5.03 Å². The molecule has 130 valence electrons. The molecule has 0 saturated carbocycles. The molecule has 0 atom stereocenters. The van der Waals surface area contributed by atoms with Gasteiger partial charge in [0, 0.05) is 12.3 Å². The summed E-state index contributed by atoms with van der Waals surface area (Å²) < 4.78 is 31.1. The molecule has 0 bridgehead atoms. The quantitative estimate of drug-likeness (QED) is 0.343. The van der Waals surface area contributed by atoms with Crippen LogP contribution in [0.15, 0.2) is 39.9 Å². The predicted octanol–water partition coefficient (Wildman–Crippen LogP) is 1.74. The molecule has 0 N–H and O–H groups in total. The number of benzene rings is 1. The molecule has 8 nitrogen and oxygen atoms in total. The van der Waals surface area contributed by atoms with Gasteiger partial charge in [0.05, 0.1) is 16.9 Å². The Morgan fingerprint density at radius 1 is 1.33 bits per heavy atom. The summed E-state index contributed by atoms with van der Waals surface area (Å²) in [4.78, 5) is 22.1. The van der Waals surface area contributed by atoms with Crippen molar-refractivity contribution in [2.45, 2.75) is 18.2 Å². The number of sulfonamides is 1. The van der Waals surface area contributed by atoms with Gasteiger partial charge in [-0.05, 0) is 25.5 Å². The fourth-order valence-corrected chi connectivity index (χ4v) is 5.00. The largest absolute Gasteiger partial charge is 0.461 e. The number of aryl methyl sites for hydroxylation is 1. The first-order valence-electron chi connectivity index (χ1n) is 6.98. The summed E-state index contributed by atoms with van der Waals surface area (Å²) in [6.07, 6.45) is 0.519. The zero-order valence-electron chi connectivity index (χ0n) is 13.1. The molecule has 10 heteroatoms. The van der Waals surface area contributed by atoms with E-state index in [1.807, 2.05) is 6.92 Å². The maximum Gasteiger partial charge on any atom is 0.412 e. The third-order valence-electron chi connectivity index (χ3n) is 3.34. The van der Waals surface area contributed by atoms with Crippen LogP contribution in [0.1, 0.15) is 12.0 Å². The van der Waals surface area contributed by atoms with Crippen LogP contribution < -0.4 is 0 Å². The molecule has 24 heavy (non-hydrogen) atoms. The Kier molecular flexibility index (Phi) is 5.50. The van der Waals surface area contributed by atoms with Crippen molar-refractivity contribution in [2.24, 2.45) is 0 Å². The average Bonchev–Trinajstić information content (AvgIpc) is 2.55. The smallest absolute Gasteiger partial charge is 0.412 e. The van der Waals surface area contributed by atoms with Gasteiger partial charge in [0.2, 0.25) is 0 Å². The molecule has 0 unspecified atom stereocenters. The molecule has 0 amide bonds. The van der Waals surface area contributed by atoms with Crippen LogP contribution in [0.2, 0.25) is 0 Å². The van der Waals surface area contributed by atoms with Gasteiger partial charge < -0.3 is 4.74 Å². The highest BCUT2D eigenvalue weighted by atomic mass is 32.2. The van der Waals surface area contributed by atoms with Crippen molar-refractivity contribution >= 4 is 27.8 Å². The summed E-state index contributed by atoms with van der Waals surface area (Å²) in [5, 5.41) is 11.1. The van der Waals surface area contributed by atoms with E-state index in [1.165, 1.54) is 12.1 Å². The number of hydrogen-bond donors (Lipinski definition) is 0. The third-order valence-corrected chi connectivity index (χ3v) is 6.45. The number of carbonyl (C=O) groups is 1. The van der Waals surface area contributed by atoms with Crippen molar-refractivity contribution in [2.75, 3.05) is 19.4 Å². The Balaban J connectivity index is 2.58. The maximum absolute atomic E-state index is 12.9. The van der Waals surface area contributed by atoms with Gasteiger partial charge in [-0.15, -0.1) is 11.8 Å². The van der Waals surface area contributed by atoms with Crippen molar-refractivity contribution in [3.05, 3.63) is 50.7 Å². The Morgan fingerprint density at radius 2 is 1.96 bits per heavy atom. The minimum atomic E-state index is -4.01. The molecule has 1 saturated heterocycles. The number of nitrogens with zero attached hydrogens (tertiary/aromatic N) is 2. The summed E-state index contributed by atoms with van der Waals surface area (Å²) in [6, 6.07) is 6.15. The highest BCUT2D eigenvalue weighted by Gasteiger charge is 2.39. The number of nitro groups is 1. The minimum absolute atomic E-state index is 0.0145.